The fourth-order valence-corrected chi connectivity index (χ4v) is 2.11. The second-order valence-corrected chi connectivity index (χ2v) is 3.75. The number of para-hydroxylation sites is 1. The van der Waals surface area contributed by atoms with Gasteiger partial charge in [0.05, 0.1) is 11.6 Å². The predicted octanol–water partition coefficient (Wildman–Crippen LogP) is 1.87. The largest absolute Gasteiger partial charge is 0.340 e. The summed E-state index contributed by atoms with van der Waals surface area (Å²) < 4.78 is 0. The van der Waals surface area contributed by atoms with Gasteiger partial charge in [-0.2, -0.15) is 0 Å². The number of nitrogens with one attached hydrogen (secondary N) is 1. The van der Waals surface area contributed by atoms with Crippen molar-refractivity contribution in [1.29, 1.82) is 0 Å². The number of carbonyl (C=O) groups excluding carboxylic acids is 2. The lowest BCUT2D eigenvalue weighted by Gasteiger charge is -2.14. The Kier molecular flexibility index (Phi) is 2.64. The fraction of sp³-hybridized carbons (Fsp3) is 0.333. The molecule has 1 unspecified atom stereocenters. The third-order valence-electron chi connectivity index (χ3n) is 2.90. The van der Waals surface area contributed by atoms with Crippen molar-refractivity contribution in [2.75, 3.05) is 11.9 Å². The summed E-state index contributed by atoms with van der Waals surface area (Å²) in [5.41, 5.74) is 1.65. The lowest BCUT2D eigenvalue weighted by atomic mass is 9.98. The van der Waals surface area contributed by atoms with E-state index in [1.54, 1.807) is 6.07 Å². The molecule has 16 heavy (non-hydrogen) atoms. The lowest BCUT2D eigenvalue weighted by Crippen LogP contribution is -2.41. The van der Waals surface area contributed by atoms with E-state index in [0.717, 1.165) is 5.56 Å². The number of urea groups is 1. The number of rotatable bonds is 1. The first-order valence-electron chi connectivity index (χ1n) is 5.35. The first kappa shape index (κ1) is 10.7. The average molecular weight is 218 g/mol. The van der Waals surface area contributed by atoms with E-state index in [2.05, 4.69) is 5.32 Å². The Labute approximate surface area is 94.2 Å². The van der Waals surface area contributed by atoms with Crippen LogP contribution < -0.4 is 10.2 Å². The monoisotopic (exact) mass is 218 g/mol. The molecule has 0 spiro atoms. The quantitative estimate of drug-likeness (QED) is 0.782. The minimum Gasteiger partial charge on any atom is -0.340 e. The van der Waals surface area contributed by atoms with Gasteiger partial charge in [-0.15, -0.1) is 0 Å². The molecule has 3 amide bonds. The van der Waals surface area contributed by atoms with Crippen LogP contribution in [0.4, 0.5) is 10.5 Å². The van der Waals surface area contributed by atoms with Gasteiger partial charge < -0.3 is 5.32 Å². The van der Waals surface area contributed by atoms with E-state index in [4.69, 9.17) is 0 Å². The van der Waals surface area contributed by atoms with E-state index >= 15 is 0 Å². The summed E-state index contributed by atoms with van der Waals surface area (Å²) in [6.45, 7) is 1.95. The number of nitrogens with zero attached hydrogens (tertiary/aromatic N) is 1. The van der Waals surface area contributed by atoms with Gasteiger partial charge in [0.15, 0.2) is 0 Å². The summed E-state index contributed by atoms with van der Waals surface area (Å²) in [5, 5.41) is 2.49. The third kappa shape index (κ3) is 1.38. The van der Waals surface area contributed by atoms with Crippen LogP contribution in [0, 0.1) is 0 Å². The second-order valence-electron chi connectivity index (χ2n) is 3.75. The highest BCUT2D eigenvalue weighted by atomic mass is 16.2. The summed E-state index contributed by atoms with van der Waals surface area (Å²) in [4.78, 5) is 24.9. The third-order valence-corrected chi connectivity index (χ3v) is 2.90. The lowest BCUT2D eigenvalue weighted by molar-refractivity contribution is -0.118. The number of hydrogen-bond donors (Lipinski definition) is 1. The van der Waals surface area contributed by atoms with Crippen molar-refractivity contribution in [3.8, 4) is 0 Å². The van der Waals surface area contributed by atoms with Crippen LogP contribution in [0.1, 0.15) is 24.8 Å². The summed E-state index contributed by atoms with van der Waals surface area (Å²) in [6.07, 6.45) is 0.712. The maximum absolute atomic E-state index is 12.1. The van der Waals surface area contributed by atoms with Crippen LogP contribution in [-0.4, -0.2) is 19.0 Å². The molecule has 0 saturated heterocycles. The molecule has 0 fully saturated rings. The zero-order valence-corrected chi connectivity index (χ0v) is 9.36. The number of amides is 3. The van der Waals surface area contributed by atoms with Crippen LogP contribution in [0.25, 0.3) is 0 Å². The highest BCUT2D eigenvalue weighted by Gasteiger charge is 2.38. The zero-order chi connectivity index (χ0) is 11.7. The normalized spacial score (nSPS) is 18.5. The van der Waals surface area contributed by atoms with Crippen LogP contribution in [0.3, 0.4) is 0 Å². The summed E-state index contributed by atoms with van der Waals surface area (Å²) in [7, 11) is 1.53. The van der Waals surface area contributed by atoms with Gasteiger partial charge >= 0.3 is 6.03 Å². The second kappa shape index (κ2) is 3.96. The molecule has 4 heteroatoms. The molecular weight excluding hydrogens is 204 g/mol. The molecule has 84 valence electrons. The number of benzene rings is 1. The molecule has 1 heterocycles. The van der Waals surface area contributed by atoms with Crippen molar-refractivity contribution in [3.63, 3.8) is 0 Å². The van der Waals surface area contributed by atoms with Crippen molar-refractivity contribution >= 4 is 17.6 Å². The molecule has 0 radical (unpaired) electrons. The van der Waals surface area contributed by atoms with E-state index in [0.29, 0.717) is 12.1 Å². The van der Waals surface area contributed by atoms with Gasteiger partial charge in [-0.05, 0) is 18.1 Å². The molecule has 1 aliphatic rings. The SMILES string of the molecule is CCC1C(=O)N(C(=O)NC)c2ccccc21. The van der Waals surface area contributed by atoms with E-state index in [1.165, 1.54) is 11.9 Å². The molecule has 1 atom stereocenters. The van der Waals surface area contributed by atoms with E-state index < -0.39 is 0 Å². The van der Waals surface area contributed by atoms with Gasteiger partial charge in [0.25, 0.3) is 0 Å². The summed E-state index contributed by atoms with van der Waals surface area (Å²) in [5.74, 6) is -0.323. The number of imide groups is 1. The van der Waals surface area contributed by atoms with Gasteiger partial charge in [-0.3, -0.25) is 4.79 Å². The molecule has 1 N–H and O–H groups in total. The van der Waals surface area contributed by atoms with Crippen molar-refractivity contribution in [2.45, 2.75) is 19.3 Å². The standard InChI is InChI=1S/C12H14N2O2/c1-3-8-9-6-4-5-7-10(9)14(11(8)15)12(16)13-2/h4-8H,3H2,1-2H3,(H,13,16). The average Bonchev–Trinajstić information content (AvgIpc) is 2.60. The molecule has 4 nitrogen and oxygen atoms in total. The summed E-state index contributed by atoms with van der Waals surface area (Å²) in [6, 6.07) is 7.07. The van der Waals surface area contributed by atoms with Crippen molar-refractivity contribution in [2.24, 2.45) is 0 Å². The van der Waals surface area contributed by atoms with Crippen molar-refractivity contribution in [1.82, 2.24) is 5.32 Å². The number of fused-ring (bicyclic) bond motifs is 1. The topological polar surface area (TPSA) is 49.4 Å². The Bertz CT molecular complexity index is 442. The van der Waals surface area contributed by atoms with Crippen LogP contribution in [0.2, 0.25) is 0 Å². The summed E-state index contributed by atoms with van der Waals surface area (Å²) >= 11 is 0. The first-order valence-corrected chi connectivity index (χ1v) is 5.35. The van der Waals surface area contributed by atoms with Gasteiger partial charge in [0.2, 0.25) is 5.91 Å². The Morgan fingerprint density at radius 2 is 2.12 bits per heavy atom. The van der Waals surface area contributed by atoms with Gasteiger partial charge in [0, 0.05) is 7.05 Å². The molecule has 1 aliphatic heterocycles. The Balaban J connectivity index is 2.50. The molecule has 2 rings (SSSR count). The number of carbonyl (C=O) groups is 2. The highest BCUT2D eigenvalue weighted by molar-refractivity contribution is 6.20. The van der Waals surface area contributed by atoms with Crippen molar-refractivity contribution < 1.29 is 9.59 Å². The minimum atomic E-state index is -0.367. The molecule has 0 aliphatic carbocycles. The van der Waals surface area contributed by atoms with Crippen molar-refractivity contribution in [3.05, 3.63) is 29.8 Å². The predicted molar refractivity (Wildman–Crippen MR) is 61.4 cm³/mol. The molecule has 1 aromatic rings. The Morgan fingerprint density at radius 3 is 2.75 bits per heavy atom. The van der Waals surface area contributed by atoms with Crippen LogP contribution in [0.15, 0.2) is 24.3 Å². The molecule has 1 aromatic carbocycles. The minimum absolute atomic E-state index is 0.136. The maximum Gasteiger partial charge on any atom is 0.328 e. The van der Waals surface area contributed by atoms with E-state index in [9.17, 15) is 9.59 Å². The molecular formula is C12H14N2O2. The first-order chi connectivity index (χ1) is 7.70. The fourth-order valence-electron chi connectivity index (χ4n) is 2.11. The van der Waals surface area contributed by atoms with Crippen LogP contribution in [0.5, 0.6) is 0 Å². The van der Waals surface area contributed by atoms with Gasteiger partial charge in [-0.25, -0.2) is 9.69 Å². The number of anilines is 1. The van der Waals surface area contributed by atoms with Crippen LogP contribution in [-0.2, 0) is 4.79 Å². The smallest absolute Gasteiger partial charge is 0.328 e. The molecule has 0 aromatic heterocycles. The highest BCUT2D eigenvalue weighted by Crippen LogP contribution is 2.38. The van der Waals surface area contributed by atoms with E-state index in [1.807, 2.05) is 25.1 Å². The zero-order valence-electron chi connectivity index (χ0n) is 9.36. The Hall–Kier alpha value is -1.84. The maximum atomic E-state index is 12.1. The van der Waals surface area contributed by atoms with Gasteiger partial charge in [0.1, 0.15) is 0 Å². The van der Waals surface area contributed by atoms with Gasteiger partial charge in [-0.1, -0.05) is 25.1 Å². The van der Waals surface area contributed by atoms with Crippen LogP contribution >= 0.6 is 0 Å². The molecule has 0 bridgehead atoms. The number of hydrogen-bond acceptors (Lipinski definition) is 2. The Morgan fingerprint density at radius 1 is 1.44 bits per heavy atom. The molecule has 0 saturated carbocycles. The van der Waals surface area contributed by atoms with E-state index in [-0.39, 0.29) is 17.9 Å².